The number of likely N-dealkylation sites (N-methyl/N-ethyl adjacent to an activating group) is 1. The van der Waals surface area contributed by atoms with Crippen LogP contribution in [0.1, 0.15) is 27.2 Å². The highest BCUT2D eigenvalue weighted by atomic mass is 16.2. The van der Waals surface area contributed by atoms with Crippen LogP contribution in [0.4, 0.5) is 0 Å². The Balaban J connectivity index is 4.19. The summed E-state index contributed by atoms with van der Waals surface area (Å²) in [4.78, 5) is 13.2. The van der Waals surface area contributed by atoms with Crippen molar-refractivity contribution in [2.45, 2.75) is 27.2 Å². The minimum Gasteiger partial charge on any atom is -0.342 e. The molecule has 0 bridgehead atoms. The van der Waals surface area contributed by atoms with E-state index in [4.69, 9.17) is 0 Å². The second-order valence-corrected chi connectivity index (χ2v) is 3.15. The zero-order chi connectivity index (χ0) is 9.72. The average molecular weight is 169 g/mol. The lowest BCUT2D eigenvalue weighted by Gasteiger charge is -2.19. The van der Waals surface area contributed by atoms with E-state index >= 15 is 0 Å². The lowest BCUT2D eigenvalue weighted by atomic mass is 9.99. The molecule has 0 N–H and O–H groups in total. The summed E-state index contributed by atoms with van der Waals surface area (Å²) in [5.41, 5.74) is 0.724. The zero-order valence-electron chi connectivity index (χ0n) is 8.55. The molecule has 0 saturated heterocycles. The molecule has 2 heteroatoms. The van der Waals surface area contributed by atoms with Crippen molar-refractivity contribution in [3.05, 3.63) is 12.2 Å². The maximum Gasteiger partial charge on any atom is 0.249 e. The summed E-state index contributed by atoms with van der Waals surface area (Å²) in [6, 6.07) is 0. The van der Waals surface area contributed by atoms with Crippen LogP contribution in [0.25, 0.3) is 0 Å². The number of rotatable bonds is 4. The molecule has 0 radical (unpaired) electrons. The van der Waals surface area contributed by atoms with E-state index in [2.05, 4.69) is 13.5 Å². The van der Waals surface area contributed by atoms with Gasteiger partial charge in [0.25, 0.3) is 0 Å². The molecule has 0 rings (SSSR count). The van der Waals surface area contributed by atoms with Crippen LogP contribution in [0, 0.1) is 5.92 Å². The highest BCUT2D eigenvalue weighted by molar-refractivity contribution is 5.92. The molecule has 2 nitrogen and oxygen atoms in total. The predicted octanol–water partition coefficient (Wildman–Crippen LogP) is 2.07. The lowest BCUT2D eigenvalue weighted by molar-refractivity contribution is -0.126. The molecule has 0 heterocycles. The Kier molecular flexibility index (Phi) is 4.64. The maximum absolute atomic E-state index is 11.5. The lowest BCUT2D eigenvalue weighted by Crippen LogP contribution is -2.29. The first kappa shape index (κ1) is 11.2. The van der Waals surface area contributed by atoms with Crippen LogP contribution in [0.2, 0.25) is 0 Å². The van der Waals surface area contributed by atoms with E-state index in [1.807, 2.05) is 13.8 Å². The highest BCUT2D eigenvalue weighted by Gasteiger charge is 2.15. The van der Waals surface area contributed by atoms with Crippen LogP contribution in [0.15, 0.2) is 12.2 Å². The summed E-state index contributed by atoms with van der Waals surface area (Å²) in [5.74, 6) is 0.373. The first-order valence-electron chi connectivity index (χ1n) is 4.48. The van der Waals surface area contributed by atoms with Gasteiger partial charge in [-0.05, 0) is 19.3 Å². The summed E-state index contributed by atoms with van der Waals surface area (Å²) in [7, 11) is 1.80. The number of hydrogen-bond donors (Lipinski definition) is 0. The highest BCUT2D eigenvalue weighted by Crippen LogP contribution is 2.13. The molecule has 0 saturated carbocycles. The van der Waals surface area contributed by atoms with Crippen LogP contribution in [-0.4, -0.2) is 24.4 Å². The normalized spacial score (nSPS) is 12.3. The van der Waals surface area contributed by atoms with Crippen molar-refractivity contribution >= 4 is 5.91 Å². The van der Waals surface area contributed by atoms with Crippen LogP contribution >= 0.6 is 0 Å². The van der Waals surface area contributed by atoms with E-state index in [0.29, 0.717) is 5.92 Å². The fourth-order valence-corrected chi connectivity index (χ4v) is 0.846. The summed E-state index contributed by atoms with van der Waals surface area (Å²) in [6.45, 7) is 10.6. The predicted molar refractivity (Wildman–Crippen MR) is 51.9 cm³/mol. The number of nitrogens with zero attached hydrogens (tertiary/aromatic N) is 1. The third kappa shape index (κ3) is 2.68. The largest absolute Gasteiger partial charge is 0.342 e. The van der Waals surface area contributed by atoms with Gasteiger partial charge in [-0.15, -0.1) is 0 Å². The van der Waals surface area contributed by atoms with Gasteiger partial charge < -0.3 is 4.90 Å². The molecule has 0 aliphatic carbocycles. The van der Waals surface area contributed by atoms with E-state index in [9.17, 15) is 4.79 Å². The summed E-state index contributed by atoms with van der Waals surface area (Å²) in [6.07, 6.45) is 0.974. The van der Waals surface area contributed by atoms with Crippen molar-refractivity contribution in [1.82, 2.24) is 4.90 Å². The quantitative estimate of drug-likeness (QED) is 0.590. The van der Waals surface area contributed by atoms with Crippen LogP contribution in [0.3, 0.4) is 0 Å². The molecule has 70 valence electrons. The molecule has 1 atom stereocenters. The van der Waals surface area contributed by atoms with Gasteiger partial charge in [0.1, 0.15) is 0 Å². The fraction of sp³-hybridized carbons (Fsp3) is 0.700. The van der Waals surface area contributed by atoms with Crippen molar-refractivity contribution < 1.29 is 4.79 Å². The van der Waals surface area contributed by atoms with Gasteiger partial charge >= 0.3 is 0 Å². The van der Waals surface area contributed by atoms with Crippen molar-refractivity contribution in [3.8, 4) is 0 Å². The van der Waals surface area contributed by atoms with E-state index in [-0.39, 0.29) is 5.91 Å². The molecule has 0 fully saturated rings. The molecule has 0 aromatic carbocycles. The first-order valence-corrected chi connectivity index (χ1v) is 4.48. The van der Waals surface area contributed by atoms with E-state index in [0.717, 1.165) is 18.5 Å². The number of amides is 1. The van der Waals surface area contributed by atoms with Gasteiger partial charge in [0.2, 0.25) is 5.91 Å². The summed E-state index contributed by atoms with van der Waals surface area (Å²) in [5, 5.41) is 0. The molecular weight excluding hydrogens is 150 g/mol. The molecule has 0 spiro atoms. The van der Waals surface area contributed by atoms with Gasteiger partial charge in [-0.3, -0.25) is 4.79 Å². The number of hydrogen-bond acceptors (Lipinski definition) is 1. The van der Waals surface area contributed by atoms with Gasteiger partial charge in [-0.1, -0.05) is 20.4 Å². The van der Waals surface area contributed by atoms with E-state index in [1.54, 1.807) is 11.9 Å². The first-order chi connectivity index (χ1) is 5.54. The third-order valence-corrected chi connectivity index (χ3v) is 2.30. The Morgan fingerprint density at radius 1 is 1.50 bits per heavy atom. The standard InChI is InChI=1S/C10H19NO/c1-6-8(3)9(4)10(12)11(5)7-2/h8H,4,6-7H2,1-3,5H3. The van der Waals surface area contributed by atoms with Gasteiger partial charge in [0.15, 0.2) is 0 Å². The van der Waals surface area contributed by atoms with Crippen molar-refractivity contribution in [1.29, 1.82) is 0 Å². The van der Waals surface area contributed by atoms with E-state index in [1.165, 1.54) is 0 Å². The summed E-state index contributed by atoms with van der Waals surface area (Å²) < 4.78 is 0. The van der Waals surface area contributed by atoms with Crippen molar-refractivity contribution in [2.75, 3.05) is 13.6 Å². The van der Waals surface area contributed by atoms with Crippen molar-refractivity contribution in [2.24, 2.45) is 5.92 Å². The average Bonchev–Trinajstić information content (AvgIpc) is 2.12. The Morgan fingerprint density at radius 2 is 2.00 bits per heavy atom. The maximum atomic E-state index is 11.5. The molecular formula is C10H19NO. The summed E-state index contributed by atoms with van der Waals surface area (Å²) >= 11 is 0. The zero-order valence-corrected chi connectivity index (χ0v) is 8.55. The van der Waals surface area contributed by atoms with E-state index < -0.39 is 0 Å². The van der Waals surface area contributed by atoms with Gasteiger partial charge in [-0.2, -0.15) is 0 Å². The Morgan fingerprint density at radius 3 is 2.33 bits per heavy atom. The SMILES string of the molecule is C=C(C(=O)N(C)CC)C(C)CC. The molecule has 0 aliphatic heterocycles. The topological polar surface area (TPSA) is 20.3 Å². The molecule has 0 aromatic rings. The number of carbonyl (C=O) groups excluding carboxylic acids is 1. The molecule has 1 unspecified atom stereocenters. The Labute approximate surface area is 75.3 Å². The minimum absolute atomic E-state index is 0.0758. The van der Waals surface area contributed by atoms with Gasteiger partial charge in [0.05, 0.1) is 0 Å². The third-order valence-electron chi connectivity index (χ3n) is 2.30. The van der Waals surface area contributed by atoms with Crippen LogP contribution < -0.4 is 0 Å². The minimum atomic E-state index is 0.0758. The molecule has 0 aliphatic rings. The fourth-order valence-electron chi connectivity index (χ4n) is 0.846. The van der Waals surface area contributed by atoms with Gasteiger partial charge in [-0.25, -0.2) is 0 Å². The molecule has 0 aromatic heterocycles. The smallest absolute Gasteiger partial charge is 0.249 e. The monoisotopic (exact) mass is 169 g/mol. The van der Waals surface area contributed by atoms with Crippen LogP contribution in [-0.2, 0) is 4.79 Å². The second-order valence-electron chi connectivity index (χ2n) is 3.15. The van der Waals surface area contributed by atoms with Crippen LogP contribution in [0.5, 0.6) is 0 Å². The Bertz CT molecular complexity index is 155. The molecule has 1 amide bonds. The van der Waals surface area contributed by atoms with Crippen molar-refractivity contribution in [3.63, 3.8) is 0 Å². The molecule has 12 heavy (non-hydrogen) atoms. The Hall–Kier alpha value is -0.790. The number of carbonyl (C=O) groups is 1. The second kappa shape index (κ2) is 4.96. The van der Waals surface area contributed by atoms with Gasteiger partial charge in [0, 0.05) is 19.2 Å².